The van der Waals surface area contributed by atoms with Crippen LogP contribution in [0.2, 0.25) is 0 Å². The van der Waals surface area contributed by atoms with Gasteiger partial charge in [0.2, 0.25) is 0 Å². The lowest BCUT2D eigenvalue weighted by Crippen LogP contribution is -2.45. The van der Waals surface area contributed by atoms with Crippen LogP contribution in [0.15, 0.2) is 12.1 Å². The highest BCUT2D eigenvalue weighted by Crippen LogP contribution is 2.29. The second-order valence-electron chi connectivity index (χ2n) is 5.61. The Hall–Kier alpha value is -1.23. The monoisotopic (exact) mass is 294 g/mol. The van der Waals surface area contributed by atoms with E-state index in [1.54, 1.807) is 12.1 Å². The third-order valence-electron chi connectivity index (χ3n) is 3.85. The molecule has 1 aliphatic heterocycles. The van der Waals surface area contributed by atoms with Crippen molar-refractivity contribution in [3.05, 3.63) is 23.4 Å². The first-order chi connectivity index (χ1) is 9.40. The van der Waals surface area contributed by atoms with Crippen molar-refractivity contribution >= 4 is 23.5 Å². The Bertz CT molecular complexity index is 505. The first-order valence-electron chi connectivity index (χ1n) is 7.03. The maximum atomic E-state index is 11.3. The predicted molar refractivity (Wildman–Crippen MR) is 84.0 cm³/mol. The lowest BCUT2D eigenvalue weighted by Gasteiger charge is -2.38. The molecule has 2 atom stereocenters. The van der Waals surface area contributed by atoms with Crippen LogP contribution >= 0.6 is 11.8 Å². The Morgan fingerprint density at radius 3 is 2.75 bits per heavy atom. The van der Waals surface area contributed by atoms with Crippen molar-refractivity contribution in [2.24, 2.45) is 0 Å². The Kier molecular flexibility index (Phi) is 4.58. The summed E-state index contributed by atoms with van der Waals surface area (Å²) in [5, 5.41) is 9.81. The van der Waals surface area contributed by atoms with Crippen LogP contribution in [-0.4, -0.2) is 39.6 Å². The smallest absolute Gasteiger partial charge is 0.335 e. The number of anilines is 1. The molecule has 1 aliphatic rings. The van der Waals surface area contributed by atoms with Crippen LogP contribution in [-0.2, 0) is 0 Å². The van der Waals surface area contributed by atoms with Crippen molar-refractivity contribution in [3.63, 3.8) is 0 Å². The second-order valence-corrected chi connectivity index (χ2v) is 7.09. The van der Waals surface area contributed by atoms with Crippen molar-refractivity contribution in [2.45, 2.75) is 44.9 Å². The standard InChI is InChI=1S/C15H22N2O2S/c1-9(2)13-7-12(15(18)19)8-14(16-13)17-5-6-20-11(4)10(17)3/h7-11H,5-6H2,1-4H3,(H,18,19). The van der Waals surface area contributed by atoms with Crippen LogP contribution in [0.1, 0.15) is 49.7 Å². The maximum Gasteiger partial charge on any atom is 0.335 e. The SMILES string of the molecule is CC(C)c1cc(C(=O)O)cc(N2CCSC(C)C2C)n1. The average molecular weight is 294 g/mol. The molecule has 1 aromatic heterocycles. The van der Waals surface area contributed by atoms with E-state index in [0.29, 0.717) is 16.9 Å². The number of carbonyl (C=O) groups is 1. The van der Waals surface area contributed by atoms with Gasteiger partial charge in [-0.3, -0.25) is 0 Å². The number of rotatable bonds is 3. The molecule has 0 aliphatic carbocycles. The van der Waals surface area contributed by atoms with Crippen molar-refractivity contribution in [3.8, 4) is 0 Å². The van der Waals surface area contributed by atoms with Gasteiger partial charge < -0.3 is 10.0 Å². The molecule has 0 aromatic carbocycles. The number of pyridine rings is 1. The number of carboxylic acids is 1. The van der Waals surface area contributed by atoms with E-state index in [-0.39, 0.29) is 5.92 Å². The van der Waals surface area contributed by atoms with E-state index < -0.39 is 5.97 Å². The van der Waals surface area contributed by atoms with E-state index in [1.165, 1.54) is 0 Å². The second kappa shape index (κ2) is 6.04. The summed E-state index contributed by atoms with van der Waals surface area (Å²) in [4.78, 5) is 18.2. The van der Waals surface area contributed by atoms with Crippen molar-refractivity contribution in [1.82, 2.24) is 4.98 Å². The summed E-state index contributed by atoms with van der Waals surface area (Å²) in [7, 11) is 0. The lowest BCUT2D eigenvalue weighted by molar-refractivity contribution is 0.0696. The number of aromatic nitrogens is 1. The van der Waals surface area contributed by atoms with Gasteiger partial charge in [-0.25, -0.2) is 9.78 Å². The van der Waals surface area contributed by atoms with Gasteiger partial charge in [0.1, 0.15) is 5.82 Å². The van der Waals surface area contributed by atoms with Crippen molar-refractivity contribution in [1.29, 1.82) is 0 Å². The molecule has 0 amide bonds. The van der Waals surface area contributed by atoms with E-state index in [0.717, 1.165) is 23.8 Å². The minimum absolute atomic E-state index is 0.222. The van der Waals surface area contributed by atoms with Crippen molar-refractivity contribution in [2.75, 3.05) is 17.2 Å². The lowest BCUT2D eigenvalue weighted by atomic mass is 10.1. The average Bonchev–Trinajstić information content (AvgIpc) is 2.41. The number of hydrogen-bond donors (Lipinski definition) is 1. The number of thioether (sulfide) groups is 1. The molecular weight excluding hydrogens is 272 g/mol. The molecule has 0 saturated carbocycles. The number of aromatic carboxylic acids is 1. The molecule has 1 saturated heterocycles. The molecule has 1 N–H and O–H groups in total. The van der Waals surface area contributed by atoms with Crippen LogP contribution in [0, 0.1) is 0 Å². The Morgan fingerprint density at radius 2 is 2.15 bits per heavy atom. The number of carboxylic acid groups (broad SMARTS) is 1. The molecule has 0 spiro atoms. The van der Waals surface area contributed by atoms with Gasteiger partial charge >= 0.3 is 5.97 Å². The third-order valence-corrected chi connectivity index (χ3v) is 5.19. The van der Waals surface area contributed by atoms with Crippen LogP contribution in [0.4, 0.5) is 5.82 Å². The molecule has 110 valence electrons. The van der Waals surface area contributed by atoms with E-state index in [4.69, 9.17) is 0 Å². The van der Waals surface area contributed by atoms with Gasteiger partial charge in [0.15, 0.2) is 0 Å². The summed E-state index contributed by atoms with van der Waals surface area (Å²) in [5.74, 6) is 1.19. The zero-order valence-electron chi connectivity index (χ0n) is 12.5. The van der Waals surface area contributed by atoms with Gasteiger partial charge in [0.25, 0.3) is 0 Å². The van der Waals surface area contributed by atoms with Crippen molar-refractivity contribution < 1.29 is 9.90 Å². The molecule has 0 radical (unpaired) electrons. The van der Waals surface area contributed by atoms with Gasteiger partial charge in [-0.2, -0.15) is 11.8 Å². The highest BCUT2D eigenvalue weighted by molar-refractivity contribution is 8.00. The summed E-state index contributed by atoms with van der Waals surface area (Å²) in [6.45, 7) is 9.39. The number of hydrogen-bond acceptors (Lipinski definition) is 4. The van der Waals surface area contributed by atoms with E-state index in [1.807, 2.05) is 25.6 Å². The first-order valence-corrected chi connectivity index (χ1v) is 8.08. The van der Waals surface area contributed by atoms with Gasteiger partial charge in [-0.1, -0.05) is 20.8 Å². The topological polar surface area (TPSA) is 53.4 Å². The highest BCUT2D eigenvalue weighted by atomic mass is 32.2. The molecule has 2 rings (SSSR count). The number of nitrogens with zero attached hydrogens (tertiary/aromatic N) is 2. The van der Waals surface area contributed by atoms with Crippen LogP contribution in [0.5, 0.6) is 0 Å². The fourth-order valence-electron chi connectivity index (χ4n) is 2.36. The van der Waals surface area contributed by atoms with Crippen LogP contribution < -0.4 is 4.90 Å². The molecule has 1 aromatic rings. The quantitative estimate of drug-likeness (QED) is 0.927. The molecule has 20 heavy (non-hydrogen) atoms. The fourth-order valence-corrected chi connectivity index (χ4v) is 3.46. The summed E-state index contributed by atoms with van der Waals surface area (Å²) in [6, 6.07) is 3.75. The summed E-state index contributed by atoms with van der Waals surface area (Å²) < 4.78 is 0. The largest absolute Gasteiger partial charge is 0.478 e. The minimum atomic E-state index is -0.886. The molecule has 5 heteroatoms. The van der Waals surface area contributed by atoms with E-state index >= 15 is 0 Å². The third kappa shape index (κ3) is 3.08. The Labute approximate surface area is 124 Å². The van der Waals surface area contributed by atoms with E-state index in [2.05, 4.69) is 23.7 Å². The summed E-state index contributed by atoms with van der Waals surface area (Å²) in [6.07, 6.45) is 0. The molecule has 2 heterocycles. The van der Waals surface area contributed by atoms with Gasteiger partial charge in [-0.05, 0) is 25.0 Å². The normalized spacial score (nSPS) is 23.1. The molecular formula is C15H22N2O2S. The van der Waals surface area contributed by atoms with Gasteiger partial charge in [-0.15, -0.1) is 0 Å². The highest BCUT2D eigenvalue weighted by Gasteiger charge is 2.27. The zero-order chi connectivity index (χ0) is 14.9. The summed E-state index contributed by atoms with van der Waals surface area (Å²) >= 11 is 1.96. The van der Waals surface area contributed by atoms with Crippen LogP contribution in [0.3, 0.4) is 0 Å². The molecule has 1 fully saturated rings. The molecule has 2 unspecified atom stereocenters. The Morgan fingerprint density at radius 1 is 1.45 bits per heavy atom. The fraction of sp³-hybridized carbons (Fsp3) is 0.600. The first kappa shape index (κ1) is 15.2. The van der Waals surface area contributed by atoms with Gasteiger partial charge in [0.05, 0.1) is 5.56 Å². The zero-order valence-corrected chi connectivity index (χ0v) is 13.3. The maximum absolute atomic E-state index is 11.3. The van der Waals surface area contributed by atoms with E-state index in [9.17, 15) is 9.90 Å². The van der Waals surface area contributed by atoms with Crippen LogP contribution in [0.25, 0.3) is 0 Å². The Balaban J connectivity index is 2.41. The predicted octanol–water partition coefficient (Wildman–Crippen LogP) is 3.23. The minimum Gasteiger partial charge on any atom is -0.478 e. The summed E-state index contributed by atoms with van der Waals surface area (Å²) in [5.41, 5.74) is 1.18. The molecule has 0 bridgehead atoms. The molecule has 4 nitrogen and oxygen atoms in total. The van der Waals surface area contributed by atoms with Gasteiger partial charge in [0, 0.05) is 29.3 Å².